The number of unbranched alkanes of at least 4 members (excludes halogenated alkanes) is 21. The molecule has 3 atom stereocenters. The molecule has 40 heavy (non-hydrogen) atoms. The number of hydrogen-bond donors (Lipinski definition) is 4. The maximum Gasteiger partial charge on any atom is 0.266 e. The van der Waals surface area contributed by atoms with Crippen LogP contribution in [0.1, 0.15) is 174 Å². The van der Waals surface area contributed by atoms with Gasteiger partial charge in [-0.3, -0.25) is 9.35 Å². The summed E-state index contributed by atoms with van der Waals surface area (Å²) in [5, 5.41) is 23.3. The smallest absolute Gasteiger partial charge is 0.266 e. The Hall–Kier alpha value is -0.700. The molecule has 0 aliphatic carbocycles. The molecule has 7 nitrogen and oxygen atoms in total. The molecule has 0 saturated heterocycles. The molecule has 240 valence electrons. The maximum absolute atomic E-state index is 12.5. The standard InChI is InChI=1S/C32H65NO6S/c1-3-5-7-9-11-13-14-15-16-17-19-20-22-24-26-30(34)29(28-40(37,38)39)33-32(36)31(35)27-25-23-21-18-12-10-8-6-4-2/h29-31,34-35H,3-28H2,1-2H3,(H,33,36)(H,37,38,39). The molecular weight excluding hydrogens is 526 g/mol. The van der Waals surface area contributed by atoms with Crippen LogP contribution >= 0.6 is 0 Å². The first-order chi connectivity index (χ1) is 19.2. The molecule has 0 aromatic carbocycles. The SMILES string of the molecule is CCCCCCCCCCCCCCCCC(O)C(CS(=O)(=O)O)NC(=O)C(O)CCCCCCCCCCC. The summed E-state index contributed by atoms with van der Waals surface area (Å²) in [6.07, 6.45) is 25.6. The second-order valence-electron chi connectivity index (χ2n) is 11.9. The highest BCUT2D eigenvalue weighted by molar-refractivity contribution is 7.85. The van der Waals surface area contributed by atoms with Crippen molar-refractivity contribution in [2.24, 2.45) is 0 Å². The molecule has 1 amide bonds. The molecule has 0 spiro atoms. The summed E-state index contributed by atoms with van der Waals surface area (Å²) in [6.45, 7) is 4.45. The Morgan fingerprint density at radius 1 is 0.575 bits per heavy atom. The lowest BCUT2D eigenvalue weighted by Crippen LogP contribution is -2.50. The third-order valence-electron chi connectivity index (χ3n) is 7.92. The van der Waals surface area contributed by atoms with E-state index in [4.69, 9.17) is 0 Å². The minimum absolute atomic E-state index is 0.301. The highest BCUT2D eigenvalue weighted by Gasteiger charge is 2.28. The van der Waals surface area contributed by atoms with E-state index in [-0.39, 0.29) is 0 Å². The lowest BCUT2D eigenvalue weighted by molar-refractivity contribution is -0.131. The van der Waals surface area contributed by atoms with Crippen LogP contribution in [0.25, 0.3) is 0 Å². The van der Waals surface area contributed by atoms with E-state index in [0.717, 1.165) is 44.9 Å². The number of carbonyl (C=O) groups is 1. The Bertz CT molecular complexity index is 672. The van der Waals surface area contributed by atoms with Crippen molar-refractivity contribution in [2.75, 3.05) is 5.75 Å². The van der Waals surface area contributed by atoms with Gasteiger partial charge >= 0.3 is 0 Å². The number of amides is 1. The van der Waals surface area contributed by atoms with Gasteiger partial charge in [0.1, 0.15) is 6.10 Å². The molecule has 0 aromatic rings. The average Bonchev–Trinajstić information content (AvgIpc) is 2.90. The van der Waals surface area contributed by atoms with E-state index >= 15 is 0 Å². The number of hydrogen-bond acceptors (Lipinski definition) is 5. The molecule has 0 bridgehead atoms. The first kappa shape index (κ1) is 39.3. The van der Waals surface area contributed by atoms with Crippen molar-refractivity contribution in [1.82, 2.24) is 5.32 Å². The number of nitrogens with one attached hydrogen (secondary N) is 1. The average molecular weight is 592 g/mol. The molecule has 0 fully saturated rings. The molecule has 4 N–H and O–H groups in total. The highest BCUT2D eigenvalue weighted by Crippen LogP contribution is 2.16. The molecule has 0 radical (unpaired) electrons. The van der Waals surface area contributed by atoms with Gasteiger partial charge in [-0.2, -0.15) is 8.42 Å². The van der Waals surface area contributed by atoms with Crippen molar-refractivity contribution >= 4 is 16.0 Å². The number of rotatable bonds is 30. The van der Waals surface area contributed by atoms with Gasteiger partial charge in [0, 0.05) is 0 Å². The fourth-order valence-electron chi connectivity index (χ4n) is 5.28. The zero-order chi connectivity index (χ0) is 29.9. The van der Waals surface area contributed by atoms with Gasteiger partial charge in [-0.05, 0) is 12.8 Å². The van der Waals surface area contributed by atoms with E-state index in [9.17, 15) is 28.0 Å². The van der Waals surface area contributed by atoms with E-state index < -0.39 is 40.0 Å². The van der Waals surface area contributed by atoms with Gasteiger partial charge in [-0.15, -0.1) is 0 Å². The molecule has 0 rings (SSSR count). The van der Waals surface area contributed by atoms with Crippen molar-refractivity contribution < 1.29 is 28.0 Å². The van der Waals surface area contributed by atoms with Crippen LogP contribution in [0.3, 0.4) is 0 Å². The Balaban J connectivity index is 4.08. The Kier molecular flexibility index (Phi) is 26.7. The van der Waals surface area contributed by atoms with Gasteiger partial charge in [0.15, 0.2) is 0 Å². The summed E-state index contributed by atoms with van der Waals surface area (Å²) in [5.41, 5.74) is 0. The van der Waals surface area contributed by atoms with Crippen molar-refractivity contribution in [3.63, 3.8) is 0 Å². The predicted molar refractivity (Wildman–Crippen MR) is 167 cm³/mol. The third kappa shape index (κ3) is 26.2. The Morgan fingerprint density at radius 2 is 0.900 bits per heavy atom. The van der Waals surface area contributed by atoms with Crippen LogP contribution in [0.15, 0.2) is 0 Å². The van der Waals surface area contributed by atoms with Gasteiger partial charge in [-0.1, -0.05) is 162 Å². The van der Waals surface area contributed by atoms with Gasteiger partial charge in [0.2, 0.25) is 5.91 Å². The fourth-order valence-corrected chi connectivity index (χ4v) is 6.04. The van der Waals surface area contributed by atoms with Crippen molar-refractivity contribution in [3.05, 3.63) is 0 Å². The molecule has 8 heteroatoms. The van der Waals surface area contributed by atoms with E-state index in [1.165, 1.54) is 96.3 Å². The highest BCUT2D eigenvalue weighted by atomic mass is 32.2. The van der Waals surface area contributed by atoms with Gasteiger partial charge < -0.3 is 15.5 Å². The summed E-state index contributed by atoms with van der Waals surface area (Å²) in [7, 11) is -4.39. The first-order valence-electron chi connectivity index (χ1n) is 16.8. The monoisotopic (exact) mass is 591 g/mol. The van der Waals surface area contributed by atoms with Crippen LogP contribution in [0.5, 0.6) is 0 Å². The molecule has 0 aliphatic rings. The molecule has 0 aliphatic heterocycles. The minimum atomic E-state index is -4.39. The van der Waals surface area contributed by atoms with Crippen LogP contribution < -0.4 is 5.32 Å². The van der Waals surface area contributed by atoms with Crippen LogP contribution in [-0.4, -0.2) is 53.1 Å². The Morgan fingerprint density at radius 3 is 1.25 bits per heavy atom. The van der Waals surface area contributed by atoms with Gasteiger partial charge in [0.05, 0.1) is 17.9 Å². The second-order valence-corrected chi connectivity index (χ2v) is 13.4. The Labute approximate surface area is 247 Å². The van der Waals surface area contributed by atoms with Crippen molar-refractivity contribution in [2.45, 2.75) is 193 Å². The van der Waals surface area contributed by atoms with Gasteiger partial charge in [0.25, 0.3) is 10.1 Å². The topological polar surface area (TPSA) is 124 Å². The zero-order valence-corrected chi connectivity index (χ0v) is 26.9. The van der Waals surface area contributed by atoms with E-state index in [1.54, 1.807) is 0 Å². The molecule has 0 heterocycles. The molecule has 3 unspecified atom stereocenters. The summed E-state index contributed by atoms with van der Waals surface area (Å²) >= 11 is 0. The van der Waals surface area contributed by atoms with Crippen molar-refractivity contribution in [3.8, 4) is 0 Å². The van der Waals surface area contributed by atoms with Crippen LogP contribution in [0, 0.1) is 0 Å². The minimum Gasteiger partial charge on any atom is -0.391 e. The van der Waals surface area contributed by atoms with E-state index in [2.05, 4.69) is 19.2 Å². The molecule has 0 saturated carbocycles. The summed E-state index contributed by atoms with van der Waals surface area (Å²) in [6, 6.07) is -1.14. The largest absolute Gasteiger partial charge is 0.391 e. The summed E-state index contributed by atoms with van der Waals surface area (Å²) in [4.78, 5) is 12.5. The summed E-state index contributed by atoms with van der Waals surface area (Å²) in [5.74, 6) is -1.45. The molecular formula is C32H65NO6S. The van der Waals surface area contributed by atoms with Gasteiger partial charge in [-0.25, -0.2) is 0 Å². The second kappa shape index (κ2) is 27.2. The number of aliphatic hydroxyl groups excluding tert-OH is 2. The van der Waals surface area contributed by atoms with E-state index in [1.807, 2.05) is 0 Å². The zero-order valence-electron chi connectivity index (χ0n) is 26.1. The van der Waals surface area contributed by atoms with Crippen LogP contribution in [0.4, 0.5) is 0 Å². The normalized spacial score (nSPS) is 14.2. The maximum atomic E-state index is 12.5. The van der Waals surface area contributed by atoms with Crippen LogP contribution in [0.2, 0.25) is 0 Å². The molecule has 0 aromatic heterocycles. The lowest BCUT2D eigenvalue weighted by Gasteiger charge is -2.24. The predicted octanol–water partition coefficient (Wildman–Crippen LogP) is 7.87. The quantitative estimate of drug-likeness (QED) is 0.0498. The number of aliphatic hydroxyl groups is 2. The number of carbonyl (C=O) groups excluding carboxylic acids is 1. The fraction of sp³-hybridized carbons (Fsp3) is 0.969. The lowest BCUT2D eigenvalue weighted by atomic mass is 10.0. The summed E-state index contributed by atoms with van der Waals surface area (Å²) < 4.78 is 32.3. The van der Waals surface area contributed by atoms with E-state index in [0.29, 0.717) is 19.3 Å². The third-order valence-corrected chi connectivity index (χ3v) is 8.70. The van der Waals surface area contributed by atoms with Crippen molar-refractivity contribution in [1.29, 1.82) is 0 Å². The van der Waals surface area contributed by atoms with Crippen LogP contribution in [-0.2, 0) is 14.9 Å². The first-order valence-corrected chi connectivity index (χ1v) is 18.4.